The number of thiophene rings is 1. The van der Waals surface area contributed by atoms with E-state index in [1.165, 1.54) is 5.56 Å². The number of likely N-dealkylation sites (tertiary alicyclic amines) is 1. The Morgan fingerprint density at radius 3 is 2.73 bits per heavy atom. The number of amides is 2. The van der Waals surface area contributed by atoms with Crippen LogP contribution in [-0.2, 0) is 22.6 Å². The van der Waals surface area contributed by atoms with E-state index in [2.05, 4.69) is 36.5 Å². The Labute approximate surface area is 180 Å². The second-order valence-corrected chi connectivity index (χ2v) is 8.68. The Hall–Kier alpha value is -2.86. The Balaban J connectivity index is 1.46. The zero-order chi connectivity index (χ0) is 20.9. The summed E-state index contributed by atoms with van der Waals surface area (Å²) in [5.74, 6) is 0.284. The van der Waals surface area contributed by atoms with Gasteiger partial charge in [0, 0.05) is 17.8 Å². The summed E-state index contributed by atoms with van der Waals surface area (Å²) in [6.45, 7) is 2.99. The van der Waals surface area contributed by atoms with Crippen molar-refractivity contribution in [3.63, 3.8) is 0 Å². The van der Waals surface area contributed by atoms with Gasteiger partial charge in [-0.25, -0.2) is 0 Å². The first-order valence-electron chi connectivity index (χ1n) is 10.4. The maximum Gasteiger partial charge on any atom is 0.226 e. The summed E-state index contributed by atoms with van der Waals surface area (Å²) in [5.41, 5.74) is 2.36. The van der Waals surface area contributed by atoms with Crippen LogP contribution in [0.2, 0.25) is 0 Å². The smallest absolute Gasteiger partial charge is 0.226 e. The topological polar surface area (TPSA) is 62.6 Å². The number of aryl methyl sites for hydroxylation is 1. The SMILES string of the molecule is CCCc1ccc(C(NC(=O)C2CC(=O)N(Cc3ccco3)C2)c2cccs2)cc1. The van der Waals surface area contributed by atoms with Crippen LogP contribution in [-0.4, -0.2) is 23.3 Å². The molecule has 1 N–H and O–H groups in total. The van der Waals surface area contributed by atoms with Gasteiger partial charge < -0.3 is 14.6 Å². The standard InChI is InChI=1S/C24H26N2O3S/c1-2-5-17-8-10-18(11-9-17)23(21-7-4-13-30-21)25-24(28)19-14-22(27)26(15-19)16-20-6-3-12-29-20/h3-4,6-13,19,23H,2,5,14-16H2,1H3,(H,25,28). The number of nitrogens with one attached hydrogen (secondary N) is 1. The highest BCUT2D eigenvalue weighted by atomic mass is 32.1. The van der Waals surface area contributed by atoms with Crippen LogP contribution in [0.4, 0.5) is 0 Å². The molecule has 5 nitrogen and oxygen atoms in total. The first-order valence-corrected chi connectivity index (χ1v) is 11.2. The fraction of sp³-hybridized carbons (Fsp3) is 0.333. The van der Waals surface area contributed by atoms with Crippen molar-refractivity contribution in [1.82, 2.24) is 10.2 Å². The average molecular weight is 423 g/mol. The highest BCUT2D eigenvalue weighted by Crippen LogP contribution is 2.28. The van der Waals surface area contributed by atoms with E-state index in [0.717, 1.165) is 29.0 Å². The molecule has 6 heteroatoms. The van der Waals surface area contributed by atoms with Gasteiger partial charge in [0.25, 0.3) is 0 Å². The third-order valence-electron chi connectivity index (χ3n) is 5.48. The van der Waals surface area contributed by atoms with Crippen LogP contribution in [0.25, 0.3) is 0 Å². The first-order chi connectivity index (χ1) is 14.6. The van der Waals surface area contributed by atoms with Crippen molar-refractivity contribution >= 4 is 23.2 Å². The van der Waals surface area contributed by atoms with Crippen LogP contribution in [0, 0.1) is 5.92 Å². The van der Waals surface area contributed by atoms with Crippen molar-refractivity contribution in [2.45, 2.75) is 38.8 Å². The van der Waals surface area contributed by atoms with Crippen molar-refractivity contribution in [1.29, 1.82) is 0 Å². The Morgan fingerprint density at radius 2 is 2.07 bits per heavy atom. The van der Waals surface area contributed by atoms with Gasteiger partial charge in [-0.3, -0.25) is 9.59 Å². The number of hydrogen-bond donors (Lipinski definition) is 1. The maximum absolute atomic E-state index is 13.1. The van der Waals surface area contributed by atoms with Gasteiger partial charge in [0.1, 0.15) is 5.76 Å². The van der Waals surface area contributed by atoms with Gasteiger partial charge in [-0.1, -0.05) is 43.7 Å². The lowest BCUT2D eigenvalue weighted by molar-refractivity contribution is -0.129. The summed E-state index contributed by atoms with van der Waals surface area (Å²) in [4.78, 5) is 28.3. The fourth-order valence-electron chi connectivity index (χ4n) is 3.89. The predicted octanol–water partition coefficient (Wildman–Crippen LogP) is 4.55. The second kappa shape index (κ2) is 9.30. The summed E-state index contributed by atoms with van der Waals surface area (Å²) in [6, 6.07) is 15.9. The highest BCUT2D eigenvalue weighted by Gasteiger charge is 2.35. The van der Waals surface area contributed by atoms with Gasteiger partial charge in [-0.05, 0) is 41.1 Å². The number of carbonyl (C=O) groups is 2. The van der Waals surface area contributed by atoms with E-state index in [1.807, 2.05) is 23.6 Å². The molecular formula is C24H26N2O3S. The molecule has 1 aliphatic heterocycles. The van der Waals surface area contributed by atoms with Gasteiger partial charge in [0.05, 0.1) is 24.8 Å². The molecule has 0 aliphatic carbocycles. The molecule has 30 heavy (non-hydrogen) atoms. The summed E-state index contributed by atoms with van der Waals surface area (Å²) in [5, 5.41) is 5.22. The number of rotatable bonds is 8. The van der Waals surface area contributed by atoms with Crippen LogP contribution in [0.1, 0.15) is 47.6 Å². The molecule has 1 aromatic carbocycles. The summed E-state index contributed by atoms with van der Waals surface area (Å²) >= 11 is 1.62. The van der Waals surface area contributed by atoms with E-state index in [0.29, 0.717) is 13.1 Å². The highest BCUT2D eigenvalue weighted by molar-refractivity contribution is 7.10. The van der Waals surface area contributed by atoms with Crippen LogP contribution < -0.4 is 5.32 Å². The molecule has 156 valence electrons. The van der Waals surface area contributed by atoms with Gasteiger partial charge in [-0.15, -0.1) is 11.3 Å². The Bertz CT molecular complexity index is 965. The van der Waals surface area contributed by atoms with Crippen LogP contribution in [0.5, 0.6) is 0 Å². The first kappa shape index (κ1) is 20.4. The average Bonchev–Trinajstić information content (AvgIpc) is 3.51. The van der Waals surface area contributed by atoms with E-state index in [4.69, 9.17) is 4.42 Å². The molecule has 1 aliphatic rings. The van der Waals surface area contributed by atoms with Crippen LogP contribution >= 0.6 is 11.3 Å². The molecule has 0 bridgehead atoms. The van der Waals surface area contributed by atoms with Crippen molar-refractivity contribution in [2.24, 2.45) is 5.92 Å². The third-order valence-corrected chi connectivity index (χ3v) is 6.42. The maximum atomic E-state index is 13.1. The number of nitrogens with zero attached hydrogens (tertiary/aromatic N) is 1. The van der Waals surface area contributed by atoms with E-state index in [1.54, 1.807) is 28.6 Å². The number of hydrogen-bond acceptors (Lipinski definition) is 4. The quantitative estimate of drug-likeness (QED) is 0.579. The zero-order valence-corrected chi connectivity index (χ0v) is 17.9. The molecule has 4 rings (SSSR count). The molecule has 0 radical (unpaired) electrons. The normalized spacial score (nSPS) is 17.3. The minimum atomic E-state index is -0.353. The second-order valence-electron chi connectivity index (χ2n) is 7.70. The minimum absolute atomic E-state index is 0.0110. The van der Waals surface area contributed by atoms with E-state index < -0.39 is 0 Å². The molecule has 1 fully saturated rings. The van der Waals surface area contributed by atoms with E-state index >= 15 is 0 Å². The summed E-state index contributed by atoms with van der Waals surface area (Å²) in [6.07, 6.45) is 3.98. The number of furan rings is 1. The van der Waals surface area contributed by atoms with Gasteiger partial charge in [0.2, 0.25) is 11.8 Å². The van der Waals surface area contributed by atoms with Crippen molar-refractivity contribution in [3.05, 3.63) is 81.9 Å². The minimum Gasteiger partial charge on any atom is -0.467 e. The van der Waals surface area contributed by atoms with Crippen molar-refractivity contribution < 1.29 is 14.0 Å². The van der Waals surface area contributed by atoms with Gasteiger partial charge >= 0.3 is 0 Å². The monoisotopic (exact) mass is 422 g/mol. The molecule has 1 saturated heterocycles. The molecule has 3 heterocycles. The van der Waals surface area contributed by atoms with Crippen molar-refractivity contribution in [2.75, 3.05) is 6.54 Å². The van der Waals surface area contributed by atoms with Gasteiger partial charge in [-0.2, -0.15) is 0 Å². The Morgan fingerprint density at radius 1 is 1.23 bits per heavy atom. The lowest BCUT2D eigenvalue weighted by Crippen LogP contribution is -2.35. The largest absolute Gasteiger partial charge is 0.467 e. The van der Waals surface area contributed by atoms with Gasteiger partial charge in [0.15, 0.2) is 0 Å². The molecule has 2 amide bonds. The van der Waals surface area contributed by atoms with E-state index in [9.17, 15) is 9.59 Å². The summed E-state index contributed by atoms with van der Waals surface area (Å²) < 4.78 is 5.34. The molecule has 2 unspecified atom stereocenters. The van der Waals surface area contributed by atoms with Crippen molar-refractivity contribution in [3.8, 4) is 0 Å². The molecular weight excluding hydrogens is 396 g/mol. The Kier molecular flexibility index (Phi) is 6.33. The zero-order valence-electron chi connectivity index (χ0n) is 17.0. The van der Waals surface area contributed by atoms with Crippen LogP contribution in [0.15, 0.2) is 64.6 Å². The predicted molar refractivity (Wildman–Crippen MR) is 117 cm³/mol. The molecule has 2 aromatic heterocycles. The molecule has 0 spiro atoms. The molecule has 0 saturated carbocycles. The molecule has 3 aromatic rings. The molecule has 2 atom stereocenters. The number of benzene rings is 1. The lowest BCUT2D eigenvalue weighted by Gasteiger charge is -2.21. The lowest BCUT2D eigenvalue weighted by atomic mass is 10.0. The van der Waals surface area contributed by atoms with Crippen LogP contribution in [0.3, 0.4) is 0 Å². The fourth-order valence-corrected chi connectivity index (χ4v) is 4.69. The third kappa shape index (κ3) is 4.65. The number of carbonyl (C=O) groups excluding carboxylic acids is 2. The summed E-state index contributed by atoms with van der Waals surface area (Å²) in [7, 11) is 0. The van der Waals surface area contributed by atoms with E-state index in [-0.39, 0.29) is 30.2 Å².